The van der Waals surface area contributed by atoms with E-state index in [9.17, 15) is 17.6 Å². The second-order valence-electron chi connectivity index (χ2n) is 4.29. The Balaban J connectivity index is 2.17. The molecule has 1 N–H and O–H groups in total. The van der Waals surface area contributed by atoms with Crippen molar-refractivity contribution in [3.05, 3.63) is 62.8 Å². The number of halogens is 6. The normalized spacial score (nSPS) is 11.5. The zero-order chi connectivity index (χ0) is 15.6. The summed E-state index contributed by atoms with van der Waals surface area (Å²) in [7, 11) is 0. The first-order valence-corrected chi connectivity index (χ1v) is 6.99. The molecule has 0 aromatic heterocycles. The molecular formula is C14H9BrClF4N. The second kappa shape index (κ2) is 6.23. The van der Waals surface area contributed by atoms with Gasteiger partial charge in [-0.25, -0.2) is 4.39 Å². The van der Waals surface area contributed by atoms with E-state index in [-0.39, 0.29) is 12.2 Å². The van der Waals surface area contributed by atoms with Crippen molar-refractivity contribution in [2.75, 3.05) is 5.32 Å². The van der Waals surface area contributed by atoms with E-state index in [0.717, 1.165) is 17.7 Å². The van der Waals surface area contributed by atoms with E-state index in [0.29, 0.717) is 15.6 Å². The van der Waals surface area contributed by atoms with Gasteiger partial charge in [0.1, 0.15) is 5.82 Å². The first-order valence-electron chi connectivity index (χ1n) is 5.82. The SMILES string of the molecule is Fc1ccc(C(F)(F)F)cc1NCc1ccc(Cl)c(Br)c1. The lowest BCUT2D eigenvalue weighted by Gasteiger charge is -2.12. The van der Waals surface area contributed by atoms with Crippen LogP contribution in [0.3, 0.4) is 0 Å². The van der Waals surface area contributed by atoms with Crippen LogP contribution in [0.25, 0.3) is 0 Å². The quantitative estimate of drug-likeness (QED) is 0.654. The number of benzene rings is 2. The highest BCUT2D eigenvalue weighted by Gasteiger charge is 2.31. The molecule has 0 heterocycles. The van der Waals surface area contributed by atoms with Gasteiger partial charge in [-0.3, -0.25) is 0 Å². The summed E-state index contributed by atoms with van der Waals surface area (Å²) < 4.78 is 52.0. The number of hydrogen-bond donors (Lipinski definition) is 1. The van der Waals surface area contributed by atoms with Gasteiger partial charge in [0.25, 0.3) is 0 Å². The molecule has 0 saturated carbocycles. The minimum Gasteiger partial charge on any atom is -0.379 e. The average molecular weight is 383 g/mol. The van der Waals surface area contributed by atoms with Crippen LogP contribution < -0.4 is 5.32 Å². The van der Waals surface area contributed by atoms with Gasteiger partial charge < -0.3 is 5.32 Å². The highest BCUT2D eigenvalue weighted by Crippen LogP contribution is 2.32. The number of hydrogen-bond acceptors (Lipinski definition) is 1. The van der Waals surface area contributed by atoms with Crippen molar-refractivity contribution in [1.82, 2.24) is 0 Å². The van der Waals surface area contributed by atoms with Gasteiger partial charge >= 0.3 is 6.18 Å². The predicted molar refractivity (Wildman–Crippen MR) is 77.9 cm³/mol. The van der Waals surface area contributed by atoms with Crippen LogP contribution >= 0.6 is 27.5 Å². The van der Waals surface area contributed by atoms with Crippen LogP contribution in [0, 0.1) is 5.82 Å². The molecular weight excluding hydrogens is 374 g/mol. The molecule has 7 heteroatoms. The van der Waals surface area contributed by atoms with Gasteiger partial charge in [0.2, 0.25) is 0 Å². The number of rotatable bonds is 3. The molecule has 0 saturated heterocycles. The lowest BCUT2D eigenvalue weighted by molar-refractivity contribution is -0.137. The molecule has 0 spiro atoms. The van der Waals surface area contributed by atoms with Crippen molar-refractivity contribution in [3.8, 4) is 0 Å². The Kier molecular flexibility index (Phi) is 4.78. The van der Waals surface area contributed by atoms with Gasteiger partial charge in [0, 0.05) is 11.0 Å². The van der Waals surface area contributed by atoms with Gasteiger partial charge in [-0.1, -0.05) is 17.7 Å². The van der Waals surface area contributed by atoms with Crippen LogP contribution in [0.5, 0.6) is 0 Å². The van der Waals surface area contributed by atoms with Crippen LogP contribution in [-0.2, 0) is 12.7 Å². The zero-order valence-electron chi connectivity index (χ0n) is 10.4. The van der Waals surface area contributed by atoms with E-state index >= 15 is 0 Å². The van der Waals surface area contributed by atoms with Gasteiger partial charge in [-0.2, -0.15) is 13.2 Å². The third-order valence-corrected chi connectivity index (χ3v) is 3.97. The molecule has 2 aromatic rings. The molecule has 0 fully saturated rings. The first-order chi connectivity index (χ1) is 9.77. The van der Waals surface area contributed by atoms with Crippen LogP contribution in [0.4, 0.5) is 23.2 Å². The summed E-state index contributed by atoms with van der Waals surface area (Å²) in [5.41, 5.74) is -0.345. The Labute approximate surface area is 132 Å². The maximum atomic E-state index is 13.5. The summed E-state index contributed by atoms with van der Waals surface area (Å²) >= 11 is 9.08. The van der Waals surface area contributed by atoms with Gasteiger partial charge in [0.15, 0.2) is 0 Å². The van der Waals surface area contributed by atoms with Crippen molar-refractivity contribution in [1.29, 1.82) is 0 Å². The highest BCUT2D eigenvalue weighted by atomic mass is 79.9. The summed E-state index contributed by atoms with van der Waals surface area (Å²) in [4.78, 5) is 0. The lowest BCUT2D eigenvalue weighted by atomic mass is 10.1. The van der Waals surface area contributed by atoms with Crippen LogP contribution in [0.1, 0.15) is 11.1 Å². The molecule has 2 rings (SSSR count). The fourth-order valence-electron chi connectivity index (χ4n) is 1.68. The minimum atomic E-state index is -4.51. The van der Waals surface area contributed by atoms with Crippen LogP contribution in [-0.4, -0.2) is 0 Å². The van der Waals surface area contributed by atoms with E-state index in [1.807, 2.05) is 0 Å². The van der Waals surface area contributed by atoms with Crippen molar-refractivity contribution in [3.63, 3.8) is 0 Å². The summed E-state index contributed by atoms with van der Waals surface area (Å²) in [5.74, 6) is -0.740. The fourth-order valence-corrected chi connectivity index (χ4v) is 2.23. The third kappa shape index (κ3) is 4.11. The molecule has 21 heavy (non-hydrogen) atoms. The standard InChI is InChI=1S/C14H9BrClF4N/c15-10-5-8(1-3-11(10)16)7-21-13-6-9(14(18,19)20)2-4-12(13)17/h1-6,21H,7H2. The van der Waals surface area contributed by atoms with Gasteiger partial charge in [-0.15, -0.1) is 0 Å². The molecule has 0 aliphatic rings. The molecule has 112 valence electrons. The topological polar surface area (TPSA) is 12.0 Å². The third-order valence-electron chi connectivity index (χ3n) is 2.76. The Morgan fingerprint density at radius 2 is 1.81 bits per heavy atom. The average Bonchev–Trinajstić information content (AvgIpc) is 2.40. The number of alkyl halides is 3. The fraction of sp³-hybridized carbons (Fsp3) is 0.143. The van der Waals surface area contributed by atoms with E-state index in [4.69, 9.17) is 11.6 Å². The van der Waals surface area contributed by atoms with Crippen molar-refractivity contribution in [2.45, 2.75) is 12.7 Å². The lowest BCUT2D eigenvalue weighted by Crippen LogP contribution is -2.08. The molecule has 0 amide bonds. The Hall–Kier alpha value is -1.27. The summed E-state index contributed by atoms with van der Waals surface area (Å²) in [6, 6.07) is 7.31. The summed E-state index contributed by atoms with van der Waals surface area (Å²) in [6.07, 6.45) is -4.51. The minimum absolute atomic E-state index is 0.175. The largest absolute Gasteiger partial charge is 0.416 e. The van der Waals surface area contributed by atoms with Crippen molar-refractivity contribution in [2.24, 2.45) is 0 Å². The van der Waals surface area contributed by atoms with E-state index in [2.05, 4.69) is 21.2 Å². The Morgan fingerprint density at radius 1 is 1.10 bits per heavy atom. The first kappa shape index (κ1) is 16.1. The molecule has 0 radical (unpaired) electrons. The summed E-state index contributed by atoms with van der Waals surface area (Å²) in [5, 5.41) is 3.17. The molecule has 0 aliphatic carbocycles. The maximum absolute atomic E-state index is 13.5. The highest BCUT2D eigenvalue weighted by molar-refractivity contribution is 9.10. The second-order valence-corrected chi connectivity index (χ2v) is 5.56. The van der Waals surface area contributed by atoms with Gasteiger partial charge in [0.05, 0.1) is 16.3 Å². The molecule has 0 atom stereocenters. The Morgan fingerprint density at radius 3 is 2.43 bits per heavy atom. The van der Waals surface area contributed by atoms with E-state index < -0.39 is 17.6 Å². The zero-order valence-corrected chi connectivity index (χ0v) is 12.8. The number of nitrogens with one attached hydrogen (secondary N) is 1. The van der Waals surface area contributed by atoms with E-state index in [1.165, 1.54) is 0 Å². The predicted octanol–water partition coefficient (Wildman–Crippen LogP) is 5.87. The molecule has 2 aromatic carbocycles. The van der Waals surface area contributed by atoms with Crippen molar-refractivity contribution >= 4 is 33.2 Å². The molecule has 1 nitrogen and oxygen atoms in total. The van der Waals surface area contributed by atoms with Gasteiger partial charge in [-0.05, 0) is 51.8 Å². The van der Waals surface area contributed by atoms with Crippen LogP contribution in [0.15, 0.2) is 40.9 Å². The van der Waals surface area contributed by atoms with Crippen molar-refractivity contribution < 1.29 is 17.6 Å². The molecule has 0 aliphatic heterocycles. The molecule has 0 bridgehead atoms. The monoisotopic (exact) mass is 381 g/mol. The smallest absolute Gasteiger partial charge is 0.379 e. The molecule has 0 unspecified atom stereocenters. The number of anilines is 1. The maximum Gasteiger partial charge on any atom is 0.416 e. The van der Waals surface area contributed by atoms with Crippen LogP contribution in [0.2, 0.25) is 5.02 Å². The summed E-state index contributed by atoms with van der Waals surface area (Å²) in [6.45, 7) is 0.175. The Bertz CT molecular complexity index is 658. The van der Waals surface area contributed by atoms with E-state index in [1.54, 1.807) is 18.2 Å².